The van der Waals surface area contributed by atoms with Gasteiger partial charge in [0.25, 0.3) is 0 Å². The number of hydrogen-bond acceptors (Lipinski definition) is 2. The molecule has 0 unspecified atom stereocenters. The van der Waals surface area contributed by atoms with E-state index in [9.17, 15) is 4.79 Å². The second-order valence-electron chi connectivity index (χ2n) is 5.79. The quantitative estimate of drug-likeness (QED) is 0.748. The van der Waals surface area contributed by atoms with E-state index in [2.05, 4.69) is 30.3 Å². The predicted molar refractivity (Wildman–Crippen MR) is 98.8 cm³/mol. The van der Waals surface area contributed by atoms with Gasteiger partial charge in [0.15, 0.2) is 0 Å². The summed E-state index contributed by atoms with van der Waals surface area (Å²) < 4.78 is 0. The van der Waals surface area contributed by atoms with Gasteiger partial charge in [-0.15, -0.1) is 0 Å². The summed E-state index contributed by atoms with van der Waals surface area (Å²) in [6.07, 6.45) is 2.28. The molecule has 1 aliphatic carbocycles. The fourth-order valence-electron chi connectivity index (χ4n) is 2.90. The number of nitrogens with two attached hydrogens (primary N) is 1. The highest BCUT2D eigenvalue weighted by molar-refractivity contribution is 6.42. The summed E-state index contributed by atoms with van der Waals surface area (Å²) in [7, 11) is 0. The molecule has 0 radical (unpaired) electrons. The molecule has 24 heavy (non-hydrogen) atoms. The minimum atomic E-state index is -0.745. The van der Waals surface area contributed by atoms with Crippen molar-refractivity contribution in [1.82, 2.24) is 0 Å². The molecule has 0 saturated carbocycles. The lowest BCUT2D eigenvalue weighted by Crippen LogP contribution is -2.20. The van der Waals surface area contributed by atoms with E-state index in [1.54, 1.807) is 6.92 Å². The van der Waals surface area contributed by atoms with Crippen molar-refractivity contribution in [3.63, 3.8) is 0 Å². The fraction of sp³-hybridized carbons (Fsp3) is 0.316. The van der Waals surface area contributed by atoms with Crippen LogP contribution in [0.1, 0.15) is 54.8 Å². The molecule has 0 aromatic heterocycles. The van der Waals surface area contributed by atoms with Crippen LogP contribution in [0.15, 0.2) is 42.5 Å². The maximum atomic E-state index is 9.37. The number of aliphatic carboxylic acids is 1. The molecule has 1 aliphatic rings. The number of carbonyl (C=O) groups is 1. The van der Waals surface area contributed by atoms with E-state index in [4.69, 9.17) is 34.0 Å². The molecule has 0 spiro atoms. The van der Waals surface area contributed by atoms with E-state index in [0.29, 0.717) is 16.0 Å². The second-order valence-corrected chi connectivity index (χ2v) is 6.60. The zero-order valence-electron chi connectivity index (χ0n) is 13.5. The Morgan fingerprint density at radius 2 is 1.75 bits per heavy atom. The molecule has 2 aromatic carbocycles. The van der Waals surface area contributed by atoms with Crippen molar-refractivity contribution in [1.29, 1.82) is 0 Å². The van der Waals surface area contributed by atoms with Crippen LogP contribution < -0.4 is 5.73 Å². The van der Waals surface area contributed by atoms with Crippen LogP contribution in [0, 0.1) is 0 Å². The Labute approximate surface area is 152 Å². The molecule has 0 heterocycles. The molecule has 128 valence electrons. The van der Waals surface area contributed by atoms with Gasteiger partial charge in [-0.1, -0.05) is 60.5 Å². The minimum absolute atomic E-state index is 0.148. The molecule has 0 bridgehead atoms. The Balaban J connectivity index is 0.000000368. The fourth-order valence-corrected chi connectivity index (χ4v) is 3.21. The summed E-state index contributed by atoms with van der Waals surface area (Å²) in [6.45, 7) is 1.60. The van der Waals surface area contributed by atoms with Crippen molar-refractivity contribution < 1.29 is 9.90 Å². The van der Waals surface area contributed by atoms with Crippen LogP contribution in [-0.2, 0) is 4.79 Å². The van der Waals surface area contributed by atoms with Gasteiger partial charge in [0.2, 0.25) is 0 Å². The highest BCUT2D eigenvalue weighted by Gasteiger charge is 2.26. The summed E-state index contributed by atoms with van der Waals surface area (Å²) in [4.78, 5) is 9.37. The largest absolute Gasteiger partial charge is 0.481 e. The first-order chi connectivity index (χ1) is 11.4. The van der Waals surface area contributed by atoms with E-state index in [1.807, 2.05) is 12.1 Å². The number of carboxylic acids is 1. The highest BCUT2D eigenvalue weighted by Crippen LogP contribution is 2.41. The zero-order chi connectivity index (χ0) is 17.7. The second kappa shape index (κ2) is 8.52. The monoisotopic (exact) mass is 365 g/mol. The number of benzene rings is 2. The van der Waals surface area contributed by atoms with Gasteiger partial charge in [-0.2, -0.15) is 0 Å². The maximum absolute atomic E-state index is 9.37. The smallest absolute Gasteiger partial charge is 0.303 e. The van der Waals surface area contributed by atoms with E-state index < -0.39 is 5.97 Å². The average molecular weight is 366 g/mol. The zero-order valence-corrected chi connectivity index (χ0v) is 15.0. The van der Waals surface area contributed by atoms with Crippen molar-refractivity contribution >= 4 is 29.2 Å². The van der Waals surface area contributed by atoms with Crippen LogP contribution in [0.5, 0.6) is 0 Å². The van der Waals surface area contributed by atoms with E-state index in [-0.39, 0.29) is 12.5 Å². The molecule has 2 aromatic rings. The van der Waals surface area contributed by atoms with Gasteiger partial charge >= 0.3 is 5.97 Å². The molecule has 0 aliphatic heterocycles. The third kappa shape index (κ3) is 4.50. The Kier molecular flexibility index (Phi) is 6.67. The van der Waals surface area contributed by atoms with Crippen molar-refractivity contribution in [3.05, 3.63) is 69.2 Å². The van der Waals surface area contributed by atoms with Gasteiger partial charge in [-0.05, 0) is 41.7 Å². The summed E-state index contributed by atoms with van der Waals surface area (Å²) in [5.74, 6) is -0.379. The summed E-state index contributed by atoms with van der Waals surface area (Å²) in [6, 6.07) is 14.5. The van der Waals surface area contributed by atoms with E-state index >= 15 is 0 Å². The molecule has 3 nitrogen and oxygen atoms in total. The lowest BCUT2D eigenvalue weighted by Gasteiger charge is -2.30. The molecule has 3 N–H and O–H groups in total. The average Bonchev–Trinajstić information content (AvgIpc) is 2.59. The number of carboxylic acid groups (broad SMARTS) is 1. The highest BCUT2D eigenvalue weighted by atomic mass is 35.5. The molecule has 0 fully saturated rings. The lowest BCUT2D eigenvalue weighted by molar-refractivity contribution is -0.136. The topological polar surface area (TPSA) is 63.3 Å². The van der Waals surface area contributed by atoms with E-state index in [1.165, 1.54) is 16.7 Å². The Bertz CT molecular complexity index is 718. The molecule has 2 atom stereocenters. The minimum Gasteiger partial charge on any atom is -0.481 e. The van der Waals surface area contributed by atoms with Crippen LogP contribution in [0.4, 0.5) is 0 Å². The van der Waals surface area contributed by atoms with Crippen molar-refractivity contribution in [3.8, 4) is 0 Å². The lowest BCUT2D eigenvalue weighted by atomic mass is 9.77. The van der Waals surface area contributed by atoms with Gasteiger partial charge in [0.05, 0.1) is 10.0 Å². The van der Waals surface area contributed by atoms with Crippen LogP contribution in [0.2, 0.25) is 10.0 Å². The molecular weight excluding hydrogens is 345 g/mol. The van der Waals surface area contributed by atoms with Crippen LogP contribution in [0.3, 0.4) is 0 Å². The first-order valence-electron chi connectivity index (χ1n) is 7.95. The Morgan fingerprint density at radius 1 is 1.12 bits per heavy atom. The Morgan fingerprint density at radius 3 is 2.33 bits per heavy atom. The first-order valence-corrected chi connectivity index (χ1v) is 8.70. The SMILES string of the molecule is CCC(=O)O.N[C@H]1CC[C@@H](c2ccc(Cl)c(Cl)c2)c2ccccc21. The summed E-state index contributed by atoms with van der Waals surface area (Å²) in [5.41, 5.74) is 9.98. The number of rotatable bonds is 2. The van der Waals surface area contributed by atoms with Gasteiger partial charge in [-0.25, -0.2) is 0 Å². The Hall–Kier alpha value is -1.55. The molecule has 3 rings (SSSR count). The molecular formula is C19H21Cl2NO2. The van der Waals surface area contributed by atoms with Crippen LogP contribution >= 0.6 is 23.2 Å². The van der Waals surface area contributed by atoms with Gasteiger partial charge < -0.3 is 10.8 Å². The van der Waals surface area contributed by atoms with Crippen LogP contribution in [-0.4, -0.2) is 11.1 Å². The van der Waals surface area contributed by atoms with Gasteiger partial charge in [0, 0.05) is 18.4 Å². The predicted octanol–water partition coefficient (Wildman–Crippen LogP) is 5.40. The molecule has 5 heteroatoms. The van der Waals surface area contributed by atoms with Crippen LogP contribution in [0.25, 0.3) is 0 Å². The number of halogens is 2. The third-order valence-electron chi connectivity index (χ3n) is 4.19. The van der Waals surface area contributed by atoms with E-state index in [0.717, 1.165) is 12.8 Å². The van der Waals surface area contributed by atoms with Gasteiger partial charge in [0.1, 0.15) is 0 Å². The number of fused-ring (bicyclic) bond motifs is 1. The molecule has 0 amide bonds. The standard InChI is InChI=1S/C16H15Cl2N.C3H6O2/c17-14-7-5-10(9-15(14)18)11-6-8-16(19)13-4-2-1-3-12(11)13;1-2-3(4)5/h1-5,7,9,11,16H,6,8,19H2;2H2,1H3,(H,4,5)/t11-,16-;/m0./s1. The first kappa shape index (κ1) is 18.8. The maximum Gasteiger partial charge on any atom is 0.303 e. The summed E-state index contributed by atoms with van der Waals surface area (Å²) in [5, 5.41) is 8.94. The van der Waals surface area contributed by atoms with Crippen molar-refractivity contribution in [2.24, 2.45) is 5.73 Å². The molecule has 0 saturated heterocycles. The third-order valence-corrected chi connectivity index (χ3v) is 4.92. The normalized spacial score (nSPS) is 19.0. The van der Waals surface area contributed by atoms with Crippen molar-refractivity contribution in [2.75, 3.05) is 0 Å². The van der Waals surface area contributed by atoms with Crippen molar-refractivity contribution in [2.45, 2.75) is 38.1 Å². The summed E-state index contributed by atoms with van der Waals surface area (Å²) >= 11 is 12.1. The van der Waals surface area contributed by atoms with Gasteiger partial charge in [-0.3, -0.25) is 4.79 Å². The number of hydrogen-bond donors (Lipinski definition) is 2.